The van der Waals surface area contributed by atoms with Gasteiger partial charge in [0, 0.05) is 16.9 Å². The Morgan fingerprint density at radius 3 is 2.46 bits per heavy atom. The molecule has 0 spiro atoms. The van der Waals surface area contributed by atoms with Gasteiger partial charge in [0.2, 0.25) is 0 Å². The summed E-state index contributed by atoms with van der Waals surface area (Å²) in [4.78, 5) is 16.4. The third kappa shape index (κ3) is 4.06. The summed E-state index contributed by atoms with van der Waals surface area (Å²) in [5.41, 5.74) is 4.61. The van der Waals surface area contributed by atoms with E-state index in [1.165, 1.54) is 27.1 Å². The smallest absolute Gasteiger partial charge is 0.142 e. The lowest BCUT2D eigenvalue weighted by atomic mass is 10.1. The molecule has 0 atom stereocenters. The third-order valence-corrected chi connectivity index (χ3v) is 4.89. The molecule has 0 radical (unpaired) electrons. The summed E-state index contributed by atoms with van der Waals surface area (Å²) in [7, 11) is 0. The van der Waals surface area contributed by atoms with E-state index < -0.39 is 0 Å². The van der Waals surface area contributed by atoms with E-state index in [1.54, 1.807) is 11.3 Å². The fraction of sp³-hybridized carbons (Fsp3) is 0.143. The molecule has 120 valence electrons. The number of hydrogen-bond donors (Lipinski definition) is 0. The molecule has 0 aliphatic rings. The Morgan fingerprint density at radius 2 is 1.75 bits per heavy atom. The summed E-state index contributed by atoms with van der Waals surface area (Å²) >= 11 is 1.78. The predicted octanol–water partition coefficient (Wildman–Crippen LogP) is 5.12. The summed E-state index contributed by atoms with van der Waals surface area (Å²) in [5, 5.41) is 1.18. The SMILES string of the molecule is Cc1sc(CCc2ccc(C=CC=O)cc2)nc1-c1ccccc1. The number of hydrogen-bond acceptors (Lipinski definition) is 3. The minimum absolute atomic E-state index is 0.795. The van der Waals surface area contributed by atoms with Gasteiger partial charge in [-0.3, -0.25) is 4.79 Å². The zero-order valence-corrected chi connectivity index (χ0v) is 14.4. The second-order valence-electron chi connectivity index (χ2n) is 5.62. The molecule has 0 aliphatic heterocycles. The van der Waals surface area contributed by atoms with Crippen molar-refractivity contribution in [2.45, 2.75) is 19.8 Å². The summed E-state index contributed by atoms with van der Waals surface area (Å²) < 4.78 is 0. The molecule has 0 saturated carbocycles. The van der Waals surface area contributed by atoms with Crippen LogP contribution in [0.15, 0.2) is 60.7 Å². The first-order valence-corrected chi connectivity index (χ1v) is 8.80. The number of nitrogens with zero attached hydrogens (tertiary/aromatic N) is 1. The van der Waals surface area contributed by atoms with E-state index in [4.69, 9.17) is 4.98 Å². The van der Waals surface area contributed by atoms with Crippen molar-refractivity contribution in [1.82, 2.24) is 4.98 Å². The van der Waals surface area contributed by atoms with Gasteiger partial charge < -0.3 is 0 Å². The van der Waals surface area contributed by atoms with Crippen LogP contribution in [0.25, 0.3) is 17.3 Å². The zero-order valence-electron chi connectivity index (χ0n) is 13.6. The van der Waals surface area contributed by atoms with Gasteiger partial charge in [0.1, 0.15) is 6.29 Å². The van der Waals surface area contributed by atoms with Crippen molar-refractivity contribution in [2.75, 3.05) is 0 Å². The molecular formula is C21H19NOS. The van der Waals surface area contributed by atoms with Gasteiger partial charge in [0.05, 0.1) is 10.7 Å². The van der Waals surface area contributed by atoms with Crippen molar-refractivity contribution >= 4 is 23.7 Å². The maximum absolute atomic E-state index is 10.3. The molecule has 0 amide bonds. The van der Waals surface area contributed by atoms with Gasteiger partial charge in [0.15, 0.2) is 0 Å². The summed E-state index contributed by atoms with van der Waals surface area (Å²) in [6, 6.07) is 18.7. The molecule has 0 aliphatic carbocycles. The van der Waals surface area contributed by atoms with Gasteiger partial charge in [-0.15, -0.1) is 11.3 Å². The van der Waals surface area contributed by atoms with Gasteiger partial charge in [-0.1, -0.05) is 60.7 Å². The number of rotatable bonds is 6. The first-order chi connectivity index (χ1) is 11.8. The van der Waals surface area contributed by atoms with Crippen molar-refractivity contribution in [1.29, 1.82) is 0 Å². The topological polar surface area (TPSA) is 30.0 Å². The average Bonchev–Trinajstić information content (AvgIpc) is 3.00. The van der Waals surface area contributed by atoms with E-state index in [1.807, 2.05) is 24.3 Å². The Bertz CT molecular complexity index is 832. The maximum atomic E-state index is 10.3. The van der Waals surface area contributed by atoms with Crippen molar-refractivity contribution in [3.8, 4) is 11.3 Å². The van der Waals surface area contributed by atoms with Gasteiger partial charge in [-0.25, -0.2) is 4.98 Å². The van der Waals surface area contributed by atoms with E-state index >= 15 is 0 Å². The first kappa shape index (κ1) is 16.3. The standard InChI is InChI=1S/C21H19NOS/c1-16-21(19-7-3-2-4-8-19)22-20(24-16)14-13-18-11-9-17(10-12-18)6-5-15-23/h2-12,15H,13-14H2,1H3. The molecule has 1 aromatic heterocycles. The van der Waals surface area contributed by atoms with E-state index in [2.05, 4.69) is 43.3 Å². The van der Waals surface area contributed by atoms with Crippen LogP contribution in [-0.4, -0.2) is 11.3 Å². The molecule has 0 saturated heterocycles. The molecule has 0 unspecified atom stereocenters. The van der Waals surface area contributed by atoms with E-state index in [0.29, 0.717) is 0 Å². The first-order valence-electron chi connectivity index (χ1n) is 7.99. The zero-order chi connectivity index (χ0) is 16.8. The van der Waals surface area contributed by atoms with Gasteiger partial charge >= 0.3 is 0 Å². The molecule has 3 heteroatoms. The quantitative estimate of drug-likeness (QED) is 0.463. The van der Waals surface area contributed by atoms with Crippen LogP contribution in [0.2, 0.25) is 0 Å². The lowest BCUT2D eigenvalue weighted by Crippen LogP contribution is -1.91. The van der Waals surface area contributed by atoms with Crippen LogP contribution in [0.1, 0.15) is 21.0 Å². The number of allylic oxidation sites excluding steroid dienone is 1. The molecule has 0 bridgehead atoms. The minimum Gasteiger partial charge on any atom is -0.299 e. The third-order valence-electron chi connectivity index (χ3n) is 3.86. The highest BCUT2D eigenvalue weighted by molar-refractivity contribution is 7.12. The lowest BCUT2D eigenvalue weighted by Gasteiger charge is -2.00. The summed E-state index contributed by atoms with van der Waals surface area (Å²) in [5.74, 6) is 0. The Labute approximate surface area is 146 Å². The Morgan fingerprint density at radius 1 is 1.00 bits per heavy atom. The minimum atomic E-state index is 0.795. The summed E-state index contributed by atoms with van der Waals surface area (Å²) in [6.07, 6.45) is 6.04. The van der Waals surface area contributed by atoms with Gasteiger partial charge in [-0.2, -0.15) is 0 Å². The van der Waals surface area contributed by atoms with Gasteiger partial charge in [-0.05, 0) is 30.5 Å². The molecule has 2 aromatic carbocycles. The summed E-state index contributed by atoms with van der Waals surface area (Å²) in [6.45, 7) is 2.14. The average molecular weight is 333 g/mol. The monoisotopic (exact) mass is 333 g/mol. The molecule has 3 aromatic rings. The van der Waals surface area contributed by atoms with Crippen molar-refractivity contribution < 1.29 is 4.79 Å². The van der Waals surface area contributed by atoms with Crippen LogP contribution in [0.5, 0.6) is 0 Å². The van der Waals surface area contributed by atoms with Crippen LogP contribution in [-0.2, 0) is 17.6 Å². The lowest BCUT2D eigenvalue weighted by molar-refractivity contribution is -0.104. The van der Waals surface area contributed by atoms with E-state index in [0.717, 1.165) is 30.4 Å². The fourth-order valence-corrected chi connectivity index (χ4v) is 3.57. The Hall–Kier alpha value is -2.52. The largest absolute Gasteiger partial charge is 0.299 e. The normalized spacial score (nSPS) is 11.0. The number of benzene rings is 2. The molecule has 1 heterocycles. The van der Waals surface area contributed by atoms with Crippen LogP contribution in [0.4, 0.5) is 0 Å². The maximum Gasteiger partial charge on any atom is 0.142 e. The van der Waals surface area contributed by atoms with E-state index in [9.17, 15) is 4.79 Å². The highest BCUT2D eigenvalue weighted by Crippen LogP contribution is 2.28. The highest BCUT2D eigenvalue weighted by atomic mass is 32.1. The van der Waals surface area contributed by atoms with Crippen molar-refractivity contribution in [3.05, 3.63) is 81.7 Å². The van der Waals surface area contributed by atoms with Crippen LogP contribution in [0, 0.1) is 6.92 Å². The number of carbonyl (C=O) groups excluding carboxylic acids is 1. The van der Waals surface area contributed by atoms with E-state index in [-0.39, 0.29) is 0 Å². The Kier molecular flexibility index (Phi) is 5.34. The predicted molar refractivity (Wildman–Crippen MR) is 101 cm³/mol. The molecule has 0 N–H and O–H groups in total. The van der Waals surface area contributed by atoms with Gasteiger partial charge in [0.25, 0.3) is 0 Å². The van der Waals surface area contributed by atoms with Crippen molar-refractivity contribution in [2.24, 2.45) is 0 Å². The molecule has 3 rings (SSSR count). The number of aldehydes is 1. The second kappa shape index (κ2) is 7.84. The molecule has 24 heavy (non-hydrogen) atoms. The Balaban J connectivity index is 1.67. The fourth-order valence-electron chi connectivity index (χ4n) is 2.62. The number of aryl methyl sites for hydroxylation is 3. The van der Waals surface area contributed by atoms with Crippen LogP contribution < -0.4 is 0 Å². The molecular weight excluding hydrogens is 314 g/mol. The molecule has 2 nitrogen and oxygen atoms in total. The number of thiazole rings is 1. The highest BCUT2D eigenvalue weighted by Gasteiger charge is 2.09. The second-order valence-corrected chi connectivity index (χ2v) is 6.90. The van der Waals surface area contributed by atoms with Crippen LogP contribution in [0.3, 0.4) is 0 Å². The number of aromatic nitrogens is 1. The van der Waals surface area contributed by atoms with Crippen molar-refractivity contribution in [3.63, 3.8) is 0 Å². The van der Waals surface area contributed by atoms with Crippen LogP contribution >= 0.6 is 11.3 Å². The number of carbonyl (C=O) groups is 1. The molecule has 0 fully saturated rings.